The van der Waals surface area contributed by atoms with E-state index in [2.05, 4.69) is 21.2 Å². The SMILES string of the molecule is CCOc1c(Br)cc(/C=C(\C#N)C(=O)Nc2ccc(OC)c(Cl)c2)cc1OC. The maximum Gasteiger partial charge on any atom is 0.266 e. The van der Waals surface area contributed by atoms with Gasteiger partial charge in [-0.05, 0) is 64.8 Å². The monoisotopic (exact) mass is 464 g/mol. The second kappa shape index (κ2) is 10.0. The van der Waals surface area contributed by atoms with E-state index in [1.807, 2.05) is 13.0 Å². The number of nitrogens with zero attached hydrogens (tertiary/aromatic N) is 1. The van der Waals surface area contributed by atoms with Gasteiger partial charge in [0.15, 0.2) is 11.5 Å². The van der Waals surface area contributed by atoms with Crippen molar-refractivity contribution in [3.05, 3.63) is 51.0 Å². The number of anilines is 1. The van der Waals surface area contributed by atoms with Crippen LogP contribution in [0.15, 0.2) is 40.4 Å². The average Bonchev–Trinajstić information content (AvgIpc) is 2.67. The fraction of sp³-hybridized carbons (Fsp3) is 0.200. The molecule has 28 heavy (non-hydrogen) atoms. The first kappa shape index (κ1) is 21.6. The quantitative estimate of drug-likeness (QED) is 0.456. The summed E-state index contributed by atoms with van der Waals surface area (Å²) in [5, 5.41) is 12.4. The minimum atomic E-state index is -0.562. The van der Waals surface area contributed by atoms with Crippen LogP contribution in [0.4, 0.5) is 5.69 Å². The highest BCUT2D eigenvalue weighted by molar-refractivity contribution is 9.10. The number of carbonyl (C=O) groups is 1. The summed E-state index contributed by atoms with van der Waals surface area (Å²) in [4.78, 5) is 12.5. The number of rotatable bonds is 7. The van der Waals surface area contributed by atoms with Crippen molar-refractivity contribution in [2.45, 2.75) is 6.92 Å². The zero-order valence-electron chi connectivity index (χ0n) is 15.5. The molecule has 2 rings (SSSR count). The Balaban J connectivity index is 2.30. The predicted molar refractivity (Wildman–Crippen MR) is 112 cm³/mol. The van der Waals surface area contributed by atoms with E-state index in [0.717, 1.165) is 0 Å². The van der Waals surface area contributed by atoms with E-state index in [1.165, 1.54) is 20.3 Å². The third kappa shape index (κ3) is 5.18. The lowest BCUT2D eigenvalue weighted by Gasteiger charge is -2.12. The fourth-order valence-corrected chi connectivity index (χ4v) is 3.20. The minimum absolute atomic E-state index is 0.0787. The maximum atomic E-state index is 12.5. The second-order valence-electron chi connectivity index (χ2n) is 5.44. The normalized spacial score (nSPS) is 10.8. The molecule has 0 atom stereocenters. The van der Waals surface area contributed by atoms with E-state index in [4.69, 9.17) is 25.8 Å². The van der Waals surface area contributed by atoms with Crippen molar-refractivity contribution >= 4 is 45.2 Å². The average molecular weight is 466 g/mol. The molecule has 8 heteroatoms. The molecule has 0 saturated carbocycles. The summed E-state index contributed by atoms with van der Waals surface area (Å²) in [5.74, 6) is 0.967. The number of hydrogen-bond donors (Lipinski definition) is 1. The van der Waals surface area contributed by atoms with Gasteiger partial charge in [0.1, 0.15) is 17.4 Å². The molecule has 2 aromatic carbocycles. The van der Waals surface area contributed by atoms with Gasteiger partial charge in [0.05, 0.1) is 30.3 Å². The third-order valence-corrected chi connectivity index (χ3v) is 4.51. The van der Waals surface area contributed by atoms with Gasteiger partial charge in [-0.25, -0.2) is 0 Å². The number of benzene rings is 2. The Morgan fingerprint density at radius 2 is 1.96 bits per heavy atom. The predicted octanol–water partition coefficient (Wildman–Crippen LogP) is 5.06. The molecule has 0 unspecified atom stereocenters. The van der Waals surface area contributed by atoms with E-state index in [-0.39, 0.29) is 5.57 Å². The maximum absolute atomic E-state index is 12.5. The molecule has 0 saturated heterocycles. The van der Waals surface area contributed by atoms with Crippen LogP contribution >= 0.6 is 27.5 Å². The Morgan fingerprint density at radius 3 is 2.54 bits per heavy atom. The van der Waals surface area contributed by atoms with E-state index in [1.54, 1.807) is 30.3 Å². The number of ether oxygens (including phenoxy) is 3. The molecule has 0 fully saturated rings. The molecular weight excluding hydrogens is 448 g/mol. The second-order valence-corrected chi connectivity index (χ2v) is 6.70. The van der Waals surface area contributed by atoms with Crippen LogP contribution in [0.5, 0.6) is 17.2 Å². The first-order valence-electron chi connectivity index (χ1n) is 8.20. The Hall–Kier alpha value is -2.69. The van der Waals surface area contributed by atoms with Crippen molar-refractivity contribution in [3.8, 4) is 23.3 Å². The lowest BCUT2D eigenvalue weighted by molar-refractivity contribution is -0.112. The molecule has 146 valence electrons. The number of nitrogens with one attached hydrogen (secondary N) is 1. The standard InChI is InChI=1S/C20H18BrClN2O4/c1-4-28-19-15(21)8-12(9-18(19)27-3)7-13(11-23)20(25)24-14-5-6-17(26-2)16(22)10-14/h5-10H,4H2,1-3H3,(H,24,25)/b13-7+. The van der Waals surface area contributed by atoms with Crippen LogP contribution in [-0.4, -0.2) is 26.7 Å². The molecular formula is C20H18BrClN2O4. The molecule has 0 heterocycles. The van der Waals surface area contributed by atoms with Crippen molar-refractivity contribution in [3.63, 3.8) is 0 Å². The summed E-state index contributed by atoms with van der Waals surface area (Å²) < 4.78 is 16.6. The molecule has 0 aliphatic carbocycles. The van der Waals surface area contributed by atoms with Crippen LogP contribution in [0.2, 0.25) is 5.02 Å². The number of amides is 1. The van der Waals surface area contributed by atoms with Gasteiger partial charge in [-0.2, -0.15) is 5.26 Å². The summed E-state index contributed by atoms with van der Waals surface area (Å²) in [6.45, 7) is 2.34. The molecule has 0 aliphatic heterocycles. The summed E-state index contributed by atoms with van der Waals surface area (Å²) in [6.07, 6.45) is 1.46. The molecule has 1 amide bonds. The van der Waals surface area contributed by atoms with Gasteiger partial charge in [0, 0.05) is 5.69 Å². The topological polar surface area (TPSA) is 80.6 Å². The van der Waals surface area contributed by atoms with Crippen LogP contribution in [0.25, 0.3) is 6.08 Å². The number of halogens is 2. The van der Waals surface area contributed by atoms with E-state index >= 15 is 0 Å². The smallest absolute Gasteiger partial charge is 0.266 e. The number of methoxy groups -OCH3 is 2. The molecule has 1 N–H and O–H groups in total. The summed E-state index contributed by atoms with van der Waals surface area (Å²) in [5.41, 5.74) is 0.971. The molecule has 0 aliphatic rings. The van der Waals surface area contributed by atoms with Crippen LogP contribution < -0.4 is 19.5 Å². The minimum Gasteiger partial charge on any atom is -0.495 e. The van der Waals surface area contributed by atoms with Gasteiger partial charge in [-0.15, -0.1) is 0 Å². The fourth-order valence-electron chi connectivity index (χ4n) is 2.37. The van der Waals surface area contributed by atoms with Crippen molar-refractivity contribution in [2.75, 3.05) is 26.1 Å². The molecule has 0 bridgehead atoms. The van der Waals surface area contributed by atoms with E-state index < -0.39 is 5.91 Å². The third-order valence-electron chi connectivity index (χ3n) is 3.63. The molecule has 0 radical (unpaired) electrons. The molecule has 0 aromatic heterocycles. The van der Waals surface area contributed by atoms with Gasteiger partial charge in [0.25, 0.3) is 5.91 Å². The van der Waals surface area contributed by atoms with Crippen LogP contribution in [0.3, 0.4) is 0 Å². The largest absolute Gasteiger partial charge is 0.495 e. The van der Waals surface area contributed by atoms with Crippen LogP contribution in [-0.2, 0) is 4.79 Å². The van der Waals surface area contributed by atoms with Gasteiger partial charge < -0.3 is 19.5 Å². The number of nitriles is 1. The van der Waals surface area contributed by atoms with Crippen molar-refractivity contribution in [1.82, 2.24) is 0 Å². The molecule has 0 spiro atoms. The Labute approximate surface area is 176 Å². The number of hydrogen-bond acceptors (Lipinski definition) is 5. The van der Waals surface area contributed by atoms with Crippen molar-refractivity contribution in [2.24, 2.45) is 0 Å². The first-order chi connectivity index (χ1) is 13.4. The zero-order valence-corrected chi connectivity index (χ0v) is 17.8. The van der Waals surface area contributed by atoms with E-state index in [0.29, 0.717) is 44.6 Å². The van der Waals surface area contributed by atoms with Crippen molar-refractivity contribution in [1.29, 1.82) is 5.26 Å². The summed E-state index contributed by atoms with van der Waals surface area (Å²) in [7, 11) is 3.02. The Morgan fingerprint density at radius 1 is 1.25 bits per heavy atom. The Kier molecular flexibility index (Phi) is 7.73. The summed E-state index contributed by atoms with van der Waals surface area (Å²) >= 11 is 9.48. The van der Waals surface area contributed by atoms with Gasteiger partial charge in [0.2, 0.25) is 0 Å². The highest BCUT2D eigenvalue weighted by atomic mass is 79.9. The number of carbonyl (C=O) groups excluding carboxylic acids is 1. The first-order valence-corrected chi connectivity index (χ1v) is 9.37. The molecule has 6 nitrogen and oxygen atoms in total. The lowest BCUT2D eigenvalue weighted by Crippen LogP contribution is -2.13. The van der Waals surface area contributed by atoms with Crippen molar-refractivity contribution < 1.29 is 19.0 Å². The summed E-state index contributed by atoms with van der Waals surface area (Å²) in [6, 6.07) is 10.1. The van der Waals surface area contributed by atoms with Gasteiger partial charge in [-0.1, -0.05) is 11.6 Å². The Bertz CT molecular complexity index is 954. The highest BCUT2D eigenvalue weighted by Gasteiger charge is 2.14. The van der Waals surface area contributed by atoms with Gasteiger partial charge >= 0.3 is 0 Å². The van der Waals surface area contributed by atoms with Crippen LogP contribution in [0.1, 0.15) is 12.5 Å². The van der Waals surface area contributed by atoms with E-state index in [9.17, 15) is 10.1 Å². The zero-order chi connectivity index (χ0) is 20.7. The van der Waals surface area contributed by atoms with Gasteiger partial charge in [-0.3, -0.25) is 4.79 Å². The lowest BCUT2D eigenvalue weighted by atomic mass is 10.1. The van der Waals surface area contributed by atoms with Crippen LogP contribution in [0, 0.1) is 11.3 Å². The molecule has 2 aromatic rings. The highest BCUT2D eigenvalue weighted by Crippen LogP contribution is 2.37.